The summed E-state index contributed by atoms with van der Waals surface area (Å²) in [5.41, 5.74) is 10.0. The molecule has 1 amide bonds. The molecule has 0 radical (unpaired) electrons. The molecule has 1 unspecified atom stereocenters. The second-order valence-electron chi connectivity index (χ2n) is 6.83. The minimum Gasteiger partial charge on any atom is -0.351 e. The molecule has 0 saturated carbocycles. The van der Waals surface area contributed by atoms with Crippen LogP contribution in [0.3, 0.4) is 0 Å². The summed E-state index contributed by atoms with van der Waals surface area (Å²) in [6.07, 6.45) is 2.36. The molecule has 4 rings (SSSR count). The van der Waals surface area contributed by atoms with Gasteiger partial charge >= 0.3 is 0 Å². The number of hydrogen-bond donors (Lipinski definition) is 2. The van der Waals surface area contributed by atoms with E-state index < -0.39 is 6.04 Å². The summed E-state index contributed by atoms with van der Waals surface area (Å²) in [7, 11) is 0. The van der Waals surface area contributed by atoms with E-state index in [4.69, 9.17) is 5.73 Å². The highest BCUT2D eigenvalue weighted by Gasteiger charge is 2.24. The Balaban J connectivity index is 0.00000210. The quantitative estimate of drug-likeness (QED) is 0.682. The van der Waals surface area contributed by atoms with Crippen LogP contribution in [0.2, 0.25) is 0 Å². The molecule has 0 spiro atoms. The first kappa shape index (κ1) is 19.6. The number of fused-ring (bicyclic) bond motifs is 1. The van der Waals surface area contributed by atoms with Gasteiger partial charge in [-0.05, 0) is 41.7 Å². The molecule has 0 fully saturated rings. The van der Waals surface area contributed by atoms with Crippen LogP contribution in [0, 0.1) is 0 Å². The number of amides is 1. The molecule has 1 aromatic heterocycles. The fraction of sp³-hybridized carbons (Fsp3) is 0.227. The van der Waals surface area contributed by atoms with Crippen LogP contribution in [-0.4, -0.2) is 18.0 Å². The van der Waals surface area contributed by atoms with Crippen LogP contribution in [0.25, 0.3) is 10.4 Å². The molecule has 1 aliphatic carbocycles. The third kappa shape index (κ3) is 4.59. The highest BCUT2D eigenvalue weighted by atomic mass is 35.5. The van der Waals surface area contributed by atoms with Crippen LogP contribution in [0.4, 0.5) is 0 Å². The van der Waals surface area contributed by atoms with Gasteiger partial charge in [-0.1, -0.05) is 54.6 Å². The molecule has 5 heteroatoms. The highest BCUT2D eigenvalue weighted by Crippen LogP contribution is 2.28. The summed E-state index contributed by atoms with van der Waals surface area (Å²) in [6, 6.07) is 22.5. The van der Waals surface area contributed by atoms with Gasteiger partial charge in [-0.15, -0.1) is 23.7 Å². The molecule has 0 saturated heterocycles. The lowest BCUT2D eigenvalue weighted by Gasteiger charge is -2.16. The van der Waals surface area contributed by atoms with Crippen LogP contribution < -0.4 is 11.1 Å². The standard InChI is InChI=1S/C22H22N2OS.ClH/c23-20(14-19-10-11-21(26-19)15-6-2-1-3-7-15)22(25)24-18-12-16-8-4-5-9-17(16)13-18;/h1-11,18,20H,12-14,23H2,(H,24,25);1H. The summed E-state index contributed by atoms with van der Waals surface area (Å²) < 4.78 is 0. The third-order valence-electron chi connectivity index (χ3n) is 4.88. The van der Waals surface area contributed by atoms with E-state index >= 15 is 0 Å². The summed E-state index contributed by atoms with van der Waals surface area (Å²) in [5.74, 6) is -0.0579. The predicted molar refractivity (Wildman–Crippen MR) is 114 cm³/mol. The molecule has 1 atom stereocenters. The van der Waals surface area contributed by atoms with Gasteiger partial charge in [0.25, 0.3) is 0 Å². The summed E-state index contributed by atoms with van der Waals surface area (Å²) in [6.45, 7) is 0. The van der Waals surface area contributed by atoms with Crippen LogP contribution in [0.15, 0.2) is 66.7 Å². The number of carbonyl (C=O) groups is 1. The maximum Gasteiger partial charge on any atom is 0.237 e. The Morgan fingerprint density at radius 3 is 2.30 bits per heavy atom. The zero-order valence-corrected chi connectivity index (χ0v) is 16.6. The molecule has 0 aliphatic heterocycles. The summed E-state index contributed by atoms with van der Waals surface area (Å²) in [4.78, 5) is 14.8. The minimum absolute atomic E-state index is 0. The number of nitrogens with two attached hydrogens (primary N) is 1. The zero-order valence-electron chi connectivity index (χ0n) is 14.9. The first-order valence-corrected chi connectivity index (χ1v) is 9.77. The average Bonchev–Trinajstić information content (AvgIpc) is 3.28. The molecule has 140 valence electrons. The number of benzene rings is 2. The molecule has 27 heavy (non-hydrogen) atoms. The van der Waals surface area contributed by atoms with Crippen molar-refractivity contribution < 1.29 is 4.79 Å². The molecular weight excluding hydrogens is 376 g/mol. The molecule has 3 nitrogen and oxygen atoms in total. The molecule has 1 aliphatic rings. The van der Waals surface area contributed by atoms with Crippen molar-refractivity contribution in [3.8, 4) is 10.4 Å². The number of thiophene rings is 1. The van der Waals surface area contributed by atoms with Gasteiger partial charge in [-0.25, -0.2) is 0 Å². The Morgan fingerprint density at radius 2 is 1.63 bits per heavy atom. The van der Waals surface area contributed by atoms with Crippen molar-refractivity contribution in [2.24, 2.45) is 5.73 Å². The molecule has 0 bridgehead atoms. The third-order valence-corrected chi connectivity index (χ3v) is 6.03. The van der Waals surface area contributed by atoms with Crippen LogP contribution in [0.1, 0.15) is 16.0 Å². The van der Waals surface area contributed by atoms with Gasteiger partial charge in [0.05, 0.1) is 6.04 Å². The smallest absolute Gasteiger partial charge is 0.237 e. The van der Waals surface area contributed by atoms with Gasteiger partial charge in [0.15, 0.2) is 0 Å². The zero-order chi connectivity index (χ0) is 17.9. The van der Waals surface area contributed by atoms with E-state index in [1.54, 1.807) is 11.3 Å². The van der Waals surface area contributed by atoms with Crippen molar-refractivity contribution in [3.63, 3.8) is 0 Å². The molecule has 3 aromatic rings. The second kappa shape index (κ2) is 8.70. The van der Waals surface area contributed by atoms with Gasteiger partial charge in [0, 0.05) is 22.2 Å². The monoisotopic (exact) mass is 398 g/mol. The van der Waals surface area contributed by atoms with E-state index in [-0.39, 0.29) is 24.4 Å². The number of halogens is 1. The van der Waals surface area contributed by atoms with E-state index in [1.165, 1.54) is 21.6 Å². The van der Waals surface area contributed by atoms with Crippen molar-refractivity contribution in [1.82, 2.24) is 5.32 Å². The van der Waals surface area contributed by atoms with E-state index in [1.807, 2.05) is 18.2 Å². The predicted octanol–water partition coefficient (Wildman–Crippen LogP) is 3.99. The normalized spacial score (nSPS) is 14.3. The number of carbonyl (C=O) groups excluding carboxylic acids is 1. The largest absolute Gasteiger partial charge is 0.351 e. The molecule has 3 N–H and O–H groups in total. The van der Waals surface area contributed by atoms with Crippen molar-refractivity contribution in [1.29, 1.82) is 0 Å². The molecule has 1 heterocycles. The molecular formula is C22H23ClN2OS. The Bertz CT molecular complexity index is 884. The van der Waals surface area contributed by atoms with E-state index in [9.17, 15) is 4.79 Å². The molecule has 2 aromatic carbocycles. The lowest BCUT2D eigenvalue weighted by atomic mass is 10.1. The van der Waals surface area contributed by atoms with Gasteiger partial charge in [0.2, 0.25) is 5.91 Å². The lowest BCUT2D eigenvalue weighted by molar-refractivity contribution is -0.122. The van der Waals surface area contributed by atoms with Crippen LogP contribution in [0.5, 0.6) is 0 Å². The fourth-order valence-electron chi connectivity index (χ4n) is 3.52. The topological polar surface area (TPSA) is 55.1 Å². The van der Waals surface area contributed by atoms with Crippen molar-refractivity contribution in [3.05, 3.63) is 82.7 Å². The maximum atomic E-state index is 12.5. The first-order chi connectivity index (χ1) is 12.7. The van der Waals surface area contributed by atoms with Gasteiger partial charge in [0.1, 0.15) is 0 Å². The van der Waals surface area contributed by atoms with Crippen molar-refractivity contribution in [2.45, 2.75) is 31.3 Å². The van der Waals surface area contributed by atoms with Gasteiger partial charge in [-0.2, -0.15) is 0 Å². The van der Waals surface area contributed by atoms with Crippen molar-refractivity contribution >= 4 is 29.7 Å². The second-order valence-corrected chi connectivity index (χ2v) is 7.99. The number of nitrogens with one attached hydrogen (secondary N) is 1. The minimum atomic E-state index is -0.513. The Morgan fingerprint density at radius 1 is 1.00 bits per heavy atom. The van der Waals surface area contributed by atoms with E-state index in [0.717, 1.165) is 17.7 Å². The Labute approximate surface area is 170 Å². The van der Waals surface area contributed by atoms with Gasteiger partial charge in [-0.3, -0.25) is 4.79 Å². The highest BCUT2D eigenvalue weighted by molar-refractivity contribution is 7.15. The van der Waals surface area contributed by atoms with Gasteiger partial charge < -0.3 is 11.1 Å². The average molecular weight is 399 g/mol. The fourth-order valence-corrected chi connectivity index (χ4v) is 4.60. The lowest BCUT2D eigenvalue weighted by Crippen LogP contribution is -2.46. The maximum absolute atomic E-state index is 12.5. The van der Waals surface area contributed by atoms with Crippen LogP contribution >= 0.6 is 23.7 Å². The first-order valence-electron chi connectivity index (χ1n) is 8.96. The number of hydrogen-bond acceptors (Lipinski definition) is 3. The Kier molecular flexibility index (Phi) is 6.32. The van der Waals surface area contributed by atoms with E-state index in [0.29, 0.717) is 6.42 Å². The Hall–Kier alpha value is -2.14. The number of rotatable bonds is 5. The summed E-state index contributed by atoms with van der Waals surface area (Å²) in [5, 5.41) is 3.12. The van der Waals surface area contributed by atoms with E-state index in [2.05, 4.69) is 53.8 Å². The SMILES string of the molecule is Cl.NC(Cc1ccc(-c2ccccc2)s1)C(=O)NC1Cc2ccccc2C1. The van der Waals surface area contributed by atoms with Crippen molar-refractivity contribution in [2.75, 3.05) is 0 Å². The van der Waals surface area contributed by atoms with Crippen LogP contribution in [-0.2, 0) is 24.1 Å². The summed E-state index contributed by atoms with van der Waals surface area (Å²) >= 11 is 1.70.